The Kier molecular flexibility index (Phi) is 4.95. The Morgan fingerprint density at radius 3 is 2.47 bits per heavy atom. The van der Waals surface area contributed by atoms with E-state index >= 15 is 0 Å². The second-order valence-corrected chi connectivity index (χ2v) is 7.74. The molecule has 1 aromatic heterocycles. The number of ether oxygens (including phenoxy) is 1. The minimum atomic E-state index is -1.25. The van der Waals surface area contributed by atoms with Crippen molar-refractivity contribution in [2.24, 2.45) is 0 Å². The van der Waals surface area contributed by atoms with Crippen molar-refractivity contribution in [3.8, 4) is 5.75 Å². The molecule has 2 heterocycles. The van der Waals surface area contributed by atoms with Gasteiger partial charge >= 0.3 is 0 Å². The van der Waals surface area contributed by atoms with Crippen LogP contribution in [0.25, 0.3) is 0 Å². The van der Waals surface area contributed by atoms with E-state index in [0.29, 0.717) is 42.1 Å². The van der Waals surface area contributed by atoms with Crippen LogP contribution in [0.15, 0.2) is 12.1 Å². The Morgan fingerprint density at radius 1 is 1.10 bits per heavy atom. The summed E-state index contributed by atoms with van der Waals surface area (Å²) in [6.45, 7) is 3.63. The highest BCUT2D eigenvalue weighted by Crippen LogP contribution is 2.36. The van der Waals surface area contributed by atoms with Crippen LogP contribution in [0.4, 0.5) is 30.6 Å². The fourth-order valence-corrected chi connectivity index (χ4v) is 3.73. The van der Waals surface area contributed by atoms with Crippen LogP contribution < -0.4 is 19.9 Å². The van der Waals surface area contributed by atoms with E-state index in [1.165, 1.54) is 0 Å². The van der Waals surface area contributed by atoms with E-state index in [2.05, 4.69) is 15.3 Å². The molecule has 1 fully saturated rings. The number of anilines is 3. The molecule has 30 heavy (non-hydrogen) atoms. The molecule has 0 radical (unpaired) electrons. The summed E-state index contributed by atoms with van der Waals surface area (Å²) in [7, 11) is 3.52. The minimum absolute atomic E-state index is 0.00788. The minimum Gasteiger partial charge on any atom is -0.487 e. The summed E-state index contributed by atoms with van der Waals surface area (Å²) in [6.07, 6.45) is 0.734. The molecule has 0 bridgehead atoms. The number of carbonyl (C=O) groups excluding carboxylic acids is 1. The molecule has 0 saturated heterocycles. The number of aromatic nitrogens is 2. The summed E-state index contributed by atoms with van der Waals surface area (Å²) in [5.74, 6) is -2.58. The molecular weight excluding hydrogens is 399 g/mol. The number of hydrogen-bond donors (Lipinski definition) is 1. The second-order valence-electron chi connectivity index (χ2n) is 7.74. The van der Waals surface area contributed by atoms with Crippen LogP contribution >= 0.6 is 0 Å². The first-order valence-corrected chi connectivity index (χ1v) is 9.62. The molecule has 1 atom stereocenters. The number of amides is 1. The Balaban J connectivity index is 1.43. The average molecular weight is 421 g/mol. The van der Waals surface area contributed by atoms with Gasteiger partial charge in [0.2, 0.25) is 11.9 Å². The number of fused-ring (bicyclic) bond motifs is 1. The summed E-state index contributed by atoms with van der Waals surface area (Å²) in [5, 5.41) is 3.22. The van der Waals surface area contributed by atoms with Crippen LogP contribution in [-0.4, -0.2) is 48.2 Å². The molecule has 1 aliphatic heterocycles. The van der Waals surface area contributed by atoms with E-state index in [4.69, 9.17) is 4.74 Å². The van der Waals surface area contributed by atoms with Crippen LogP contribution in [-0.2, 0) is 4.79 Å². The number of hydrogen-bond acceptors (Lipinski definition) is 6. The zero-order chi connectivity index (χ0) is 21.7. The molecule has 7 nitrogen and oxygen atoms in total. The number of nitrogens with one attached hydrogen (secondary N) is 1. The molecule has 1 amide bonds. The van der Waals surface area contributed by atoms with Gasteiger partial charge in [-0.3, -0.25) is 4.79 Å². The monoisotopic (exact) mass is 421 g/mol. The maximum Gasteiger partial charge on any atom is 0.249 e. The van der Waals surface area contributed by atoms with E-state index in [1.807, 2.05) is 25.8 Å². The van der Waals surface area contributed by atoms with Crippen molar-refractivity contribution in [3.05, 3.63) is 35.3 Å². The predicted molar refractivity (Wildman–Crippen MR) is 105 cm³/mol. The zero-order valence-corrected chi connectivity index (χ0v) is 17.0. The smallest absolute Gasteiger partial charge is 0.249 e. The topological polar surface area (TPSA) is 70.6 Å². The average Bonchev–Trinajstić information content (AvgIpc) is 2.66. The van der Waals surface area contributed by atoms with E-state index in [1.54, 1.807) is 11.9 Å². The fraction of sp³-hybridized carbons (Fsp3) is 0.450. The van der Waals surface area contributed by atoms with Gasteiger partial charge < -0.3 is 19.9 Å². The Bertz CT molecular complexity index is 1010. The van der Waals surface area contributed by atoms with Crippen LogP contribution in [0.2, 0.25) is 0 Å². The van der Waals surface area contributed by atoms with Crippen LogP contribution in [0.5, 0.6) is 5.75 Å². The maximum absolute atomic E-state index is 13.7. The van der Waals surface area contributed by atoms with E-state index in [0.717, 1.165) is 6.07 Å². The number of halogens is 3. The SMILES string of the molecule is Cc1nc(NC2CC(Oc3cc(F)c(F)cc3F)C2)nc2c1N(C)C(=O)[C@H](C)N2C. The quantitative estimate of drug-likeness (QED) is 0.766. The van der Waals surface area contributed by atoms with Crippen molar-refractivity contribution in [2.45, 2.75) is 44.9 Å². The van der Waals surface area contributed by atoms with Gasteiger partial charge in [-0.15, -0.1) is 0 Å². The van der Waals surface area contributed by atoms with Gasteiger partial charge in [0.05, 0.1) is 5.69 Å². The summed E-state index contributed by atoms with van der Waals surface area (Å²) < 4.78 is 45.5. The van der Waals surface area contributed by atoms with Gasteiger partial charge in [-0.25, -0.2) is 18.2 Å². The molecule has 160 valence electrons. The molecule has 1 aromatic carbocycles. The molecule has 4 rings (SSSR count). The first-order chi connectivity index (χ1) is 14.2. The van der Waals surface area contributed by atoms with E-state index in [-0.39, 0.29) is 29.8 Å². The maximum atomic E-state index is 13.7. The Hall–Kier alpha value is -3.04. The van der Waals surface area contributed by atoms with Gasteiger partial charge in [-0.2, -0.15) is 4.98 Å². The highest BCUT2D eigenvalue weighted by atomic mass is 19.2. The predicted octanol–water partition coefficient (Wildman–Crippen LogP) is 3.03. The molecular formula is C20H22F3N5O2. The molecule has 10 heteroatoms. The second kappa shape index (κ2) is 7.33. The number of aryl methyl sites for hydroxylation is 1. The molecule has 1 N–H and O–H groups in total. The first-order valence-electron chi connectivity index (χ1n) is 9.62. The molecule has 1 aliphatic carbocycles. The highest BCUT2D eigenvalue weighted by molar-refractivity contribution is 6.04. The number of likely N-dealkylation sites (N-methyl/N-ethyl adjacent to an activating group) is 2. The fourth-order valence-electron chi connectivity index (χ4n) is 3.73. The standard InChI is InChI=1S/C20H22F3N5O2/c1-9-17-18(27(3)10(2)19(29)28(17)4)26-20(24-9)25-11-5-12(6-11)30-16-8-14(22)13(21)7-15(16)23/h7-8,10-12H,5-6H2,1-4H3,(H,24,25,26)/t10-,11?,12?/m0/s1. The van der Waals surface area contributed by atoms with Gasteiger partial charge in [-0.05, 0) is 13.8 Å². The third-order valence-electron chi connectivity index (χ3n) is 5.67. The lowest BCUT2D eigenvalue weighted by atomic mass is 9.89. The third kappa shape index (κ3) is 3.40. The summed E-state index contributed by atoms with van der Waals surface area (Å²) in [5.41, 5.74) is 1.35. The van der Waals surface area contributed by atoms with Gasteiger partial charge in [0, 0.05) is 45.1 Å². The van der Waals surface area contributed by atoms with Gasteiger partial charge in [0.1, 0.15) is 17.8 Å². The lowest BCUT2D eigenvalue weighted by Crippen LogP contribution is -2.50. The molecule has 2 aromatic rings. The van der Waals surface area contributed by atoms with Gasteiger partial charge in [0.15, 0.2) is 29.0 Å². The van der Waals surface area contributed by atoms with Crippen molar-refractivity contribution in [1.29, 1.82) is 0 Å². The lowest BCUT2D eigenvalue weighted by molar-refractivity contribution is -0.119. The van der Waals surface area contributed by atoms with Crippen molar-refractivity contribution in [3.63, 3.8) is 0 Å². The Labute approximate surface area is 171 Å². The molecule has 2 aliphatic rings. The van der Waals surface area contributed by atoms with Crippen molar-refractivity contribution in [1.82, 2.24) is 9.97 Å². The Morgan fingerprint density at radius 2 is 1.77 bits per heavy atom. The number of benzene rings is 1. The largest absolute Gasteiger partial charge is 0.487 e. The van der Waals surface area contributed by atoms with Crippen LogP contribution in [0, 0.1) is 24.4 Å². The highest BCUT2D eigenvalue weighted by Gasteiger charge is 2.36. The van der Waals surface area contributed by atoms with Crippen molar-refractivity contribution < 1.29 is 22.7 Å². The number of nitrogens with zero attached hydrogens (tertiary/aromatic N) is 4. The van der Waals surface area contributed by atoms with E-state index in [9.17, 15) is 18.0 Å². The summed E-state index contributed by atoms with van der Waals surface area (Å²) >= 11 is 0. The zero-order valence-electron chi connectivity index (χ0n) is 17.0. The first kappa shape index (κ1) is 20.2. The number of carbonyl (C=O) groups is 1. The van der Waals surface area contributed by atoms with Gasteiger partial charge in [0.25, 0.3) is 0 Å². The molecule has 1 saturated carbocycles. The van der Waals surface area contributed by atoms with Crippen LogP contribution in [0.3, 0.4) is 0 Å². The normalized spacial score (nSPS) is 23.2. The van der Waals surface area contributed by atoms with Crippen molar-refractivity contribution >= 4 is 23.4 Å². The lowest BCUT2D eigenvalue weighted by Gasteiger charge is -2.38. The van der Waals surface area contributed by atoms with E-state index < -0.39 is 17.5 Å². The summed E-state index contributed by atoms with van der Waals surface area (Å²) in [4.78, 5) is 24.8. The summed E-state index contributed by atoms with van der Waals surface area (Å²) in [6, 6.07) is 0.849. The van der Waals surface area contributed by atoms with Crippen LogP contribution in [0.1, 0.15) is 25.5 Å². The molecule has 0 unspecified atom stereocenters. The third-order valence-corrected chi connectivity index (χ3v) is 5.67. The van der Waals surface area contributed by atoms with Crippen molar-refractivity contribution in [2.75, 3.05) is 29.2 Å². The number of rotatable bonds is 4. The van der Waals surface area contributed by atoms with Gasteiger partial charge in [-0.1, -0.05) is 0 Å². The molecule has 0 spiro atoms.